The van der Waals surface area contributed by atoms with Crippen LogP contribution in [0.2, 0.25) is 0 Å². The van der Waals surface area contributed by atoms with E-state index in [2.05, 4.69) is 41.1 Å². The van der Waals surface area contributed by atoms with Gasteiger partial charge in [-0.25, -0.2) is 0 Å². The molecule has 0 saturated carbocycles. The lowest BCUT2D eigenvalue weighted by molar-refractivity contribution is 0.140. The molecule has 0 saturated heterocycles. The van der Waals surface area contributed by atoms with Crippen molar-refractivity contribution in [2.45, 2.75) is 13.0 Å². The first-order chi connectivity index (χ1) is 8.90. The highest BCUT2D eigenvalue weighted by Gasteiger charge is 1.97. The average molecular weight is 244 g/mol. The first-order valence-corrected chi connectivity index (χ1v) is 6.35. The molecule has 0 spiro atoms. The molecule has 1 aromatic carbocycles. The summed E-state index contributed by atoms with van der Waals surface area (Å²) in [6.07, 6.45) is 4.76. The lowest BCUT2D eigenvalue weighted by atomic mass is 10.1. The van der Waals surface area contributed by atoms with Gasteiger partial charge in [0.05, 0.1) is 13.2 Å². The molecule has 2 rings (SSSR count). The van der Waals surface area contributed by atoms with E-state index >= 15 is 0 Å². The molecule has 1 aromatic heterocycles. The molecule has 0 atom stereocenters. The Bertz CT molecular complexity index is 490. The third-order valence-electron chi connectivity index (χ3n) is 2.84. The minimum absolute atomic E-state index is 0.749. The van der Waals surface area contributed by atoms with Gasteiger partial charge in [-0.05, 0) is 29.5 Å². The summed E-state index contributed by atoms with van der Waals surface area (Å²) >= 11 is 0. The van der Waals surface area contributed by atoms with Gasteiger partial charge in [-0.15, -0.1) is 6.58 Å². The Morgan fingerprint density at radius 1 is 1.28 bits per heavy atom. The monoisotopic (exact) mass is 244 g/mol. The summed E-state index contributed by atoms with van der Waals surface area (Å²) in [4.78, 5) is 3.22. The van der Waals surface area contributed by atoms with Crippen molar-refractivity contribution in [3.05, 3.63) is 48.7 Å². The van der Waals surface area contributed by atoms with Gasteiger partial charge in [-0.1, -0.05) is 18.2 Å². The fraction of sp³-hybridized carbons (Fsp3) is 0.333. The van der Waals surface area contributed by atoms with E-state index in [1.54, 1.807) is 0 Å². The fourth-order valence-corrected chi connectivity index (χ4v) is 1.85. The van der Waals surface area contributed by atoms with Crippen molar-refractivity contribution in [2.75, 3.05) is 19.8 Å². The number of hydrogen-bond acceptors (Lipinski definition) is 2. The third-order valence-corrected chi connectivity index (χ3v) is 2.84. The van der Waals surface area contributed by atoms with Crippen LogP contribution in [0.3, 0.4) is 0 Å². The van der Waals surface area contributed by atoms with Crippen LogP contribution in [0.4, 0.5) is 0 Å². The van der Waals surface area contributed by atoms with Crippen LogP contribution in [0.25, 0.3) is 10.9 Å². The van der Waals surface area contributed by atoms with Crippen LogP contribution in [0.1, 0.15) is 12.0 Å². The first-order valence-electron chi connectivity index (χ1n) is 6.35. The van der Waals surface area contributed by atoms with Gasteiger partial charge in [0.1, 0.15) is 0 Å². The van der Waals surface area contributed by atoms with Crippen LogP contribution in [-0.2, 0) is 11.3 Å². The smallest absolute Gasteiger partial charge is 0.0591 e. The quantitative estimate of drug-likeness (QED) is 0.553. The molecule has 18 heavy (non-hydrogen) atoms. The van der Waals surface area contributed by atoms with Crippen molar-refractivity contribution < 1.29 is 4.74 Å². The summed E-state index contributed by atoms with van der Waals surface area (Å²) < 4.78 is 5.43. The van der Waals surface area contributed by atoms with E-state index in [4.69, 9.17) is 4.74 Å². The van der Waals surface area contributed by atoms with Crippen molar-refractivity contribution >= 4 is 10.9 Å². The molecule has 0 aliphatic heterocycles. The summed E-state index contributed by atoms with van der Waals surface area (Å²) in [6.45, 7) is 6.92. The van der Waals surface area contributed by atoms with Crippen molar-refractivity contribution in [3.63, 3.8) is 0 Å². The van der Waals surface area contributed by atoms with Crippen LogP contribution in [0, 0.1) is 0 Å². The van der Waals surface area contributed by atoms with Gasteiger partial charge in [0.2, 0.25) is 0 Å². The zero-order chi connectivity index (χ0) is 12.6. The molecule has 0 bridgehead atoms. The molecule has 2 N–H and O–H groups in total. The van der Waals surface area contributed by atoms with Gasteiger partial charge in [0.25, 0.3) is 0 Å². The molecule has 0 aliphatic rings. The molecule has 2 aromatic rings. The standard InChI is InChI=1S/C15H20N2O/c1-2-3-9-18-10-8-16-12-13-4-5-14-6-7-17-15(14)11-13/h2,4-7,11,16-17H,1,3,8-10,12H2. The summed E-state index contributed by atoms with van der Waals surface area (Å²) in [5.41, 5.74) is 2.48. The Balaban J connectivity index is 1.68. The van der Waals surface area contributed by atoms with Crippen LogP contribution >= 0.6 is 0 Å². The maximum Gasteiger partial charge on any atom is 0.0591 e. The molecular formula is C15H20N2O. The topological polar surface area (TPSA) is 37.0 Å². The number of nitrogens with one attached hydrogen (secondary N) is 2. The predicted molar refractivity (Wildman–Crippen MR) is 75.6 cm³/mol. The van der Waals surface area contributed by atoms with Crippen molar-refractivity contribution in [2.24, 2.45) is 0 Å². The lowest BCUT2D eigenvalue weighted by Gasteiger charge is -2.06. The van der Waals surface area contributed by atoms with Gasteiger partial charge < -0.3 is 15.0 Å². The third kappa shape index (κ3) is 3.72. The second-order valence-electron chi connectivity index (χ2n) is 4.27. The molecule has 0 unspecified atom stereocenters. The Kier molecular flexibility index (Phi) is 5.00. The minimum Gasteiger partial charge on any atom is -0.380 e. The zero-order valence-electron chi connectivity index (χ0n) is 10.6. The highest BCUT2D eigenvalue weighted by atomic mass is 16.5. The zero-order valence-corrected chi connectivity index (χ0v) is 10.6. The average Bonchev–Trinajstić information content (AvgIpc) is 2.85. The second kappa shape index (κ2) is 6.99. The van der Waals surface area contributed by atoms with E-state index in [9.17, 15) is 0 Å². The number of aromatic amines is 1. The van der Waals surface area contributed by atoms with Gasteiger partial charge in [-0.2, -0.15) is 0 Å². The number of benzene rings is 1. The first kappa shape index (κ1) is 12.9. The van der Waals surface area contributed by atoms with Crippen LogP contribution < -0.4 is 5.32 Å². The molecule has 1 heterocycles. The van der Waals surface area contributed by atoms with Crippen LogP contribution in [0.5, 0.6) is 0 Å². The highest BCUT2D eigenvalue weighted by Crippen LogP contribution is 2.13. The largest absolute Gasteiger partial charge is 0.380 e. The number of aromatic nitrogens is 1. The van der Waals surface area contributed by atoms with E-state index in [0.717, 1.165) is 32.7 Å². The van der Waals surface area contributed by atoms with E-state index in [1.807, 2.05) is 12.3 Å². The van der Waals surface area contributed by atoms with Crippen LogP contribution in [0.15, 0.2) is 43.1 Å². The summed E-state index contributed by atoms with van der Waals surface area (Å²) in [7, 11) is 0. The van der Waals surface area contributed by atoms with Gasteiger partial charge in [0, 0.05) is 24.8 Å². The van der Waals surface area contributed by atoms with E-state index in [1.165, 1.54) is 16.5 Å². The van der Waals surface area contributed by atoms with Crippen molar-refractivity contribution in [1.82, 2.24) is 10.3 Å². The number of fused-ring (bicyclic) bond motifs is 1. The molecule has 3 nitrogen and oxygen atoms in total. The SMILES string of the molecule is C=CCCOCCNCc1ccc2cc[nH]c2c1. The van der Waals surface area contributed by atoms with Gasteiger partial charge in [0.15, 0.2) is 0 Å². The molecule has 3 heteroatoms. The van der Waals surface area contributed by atoms with E-state index in [-0.39, 0.29) is 0 Å². The van der Waals surface area contributed by atoms with Crippen molar-refractivity contribution in [1.29, 1.82) is 0 Å². The molecule has 0 aliphatic carbocycles. The van der Waals surface area contributed by atoms with E-state index in [0.29, 0.717) is 0 Å². The number of H-pyrrole nitrogens is 1. The normalized spacial score (nSPS) is 10.9. The van der Waals surface area contributed by atoms with Gasteiger partial charge in [-0.3, -0.25) is 0 Å². The summed E-state index contributed by atoms with van der Waals surface area (Å²) in [6, 6.07) is 8.56. The fourth-order valence-electron chi connectivity index (χ4n) is 1.85. The molecule has 0 fully saturated rings. The van der Waals surface area contributed by atoms with E-state index < -0.39 is 0 Å². The Hall–Kier alpha value is -1.58. The number of hydrogen-bond donors (Lipinski definition) is 2. The van der Waals surface area contributed by atoms with Crippen LogP contribution in [-0.4, -0.2) is 24.7 Å². The summed E-state index contributed by atoms with van der Waals surface area (Å²) in [5, 5.41) is 4.63. The Morgan fingerprint density at radius 2 is 2.22 bits per heavy atom. The summed E-state index contributed by atoms with van der Waals surface area (Å²) in [5.74, 6) is 0. The number of ether oxygens (including phenoxy) is 1. The lowest BCUT2D eigenvalue weighted by Crippen LogP contribution is -2.19. The maximum absolute atomic E-state index is 5.43. The minimum atomic E-state index is 0.749. The predicted octanol–water partition coefficient (Wildman–Crippen LogP) is 2.85. The van der Waals surface area contributed by atoms with Gasteiger partial charge >= 0.3 is 0 Å². The maximum atomic E-state index is 5.43. The molecule has 0 amide bonds. The highest BCUT2D eigenvalue weighted by molar-refractivity contribution is 5.79. The molecule has 0 radical (unpaired) electrons. The molecule has 96 valence electrons. The van der Waals surface area contributed by atoms with Crippen molar-refractivity contribution in [3.8, 4) is 0 Å². The number of rotatable bonds is 8. The second-order valence-corrected chi connectivity index (χ2v) is 4.27. The Morgan fingerprint density at radius 3 is 3.11 bits per heavy atom. The molecular weight excluding hydrogens is 224 g/mol. The Labute approximate surface area is 108 Å².